The van der Waals surface area contributed by atoms with Crippen LogP contribution in [0.1, 0.15) is 38.2 Å². The Bertz CT molecular complexity index is 705. The van der Waals surface area contributed by atoms with Gasteiger partial charge in [0.1, 0.15) is 0 Å². The summed E-state index contributed by atoms with van der Waals surface area (Å²) in [6, 6.07) is 5.57. The lowest BCUT2D eigenvalue weighted by molar-refractivity contribution is -0.152. The monoisotopic (exact) mass is 426 g/mol. The first kappa shape index (κ1) is 21.4. The van der Waals surface area contributed by atoms with E-state index in [0.717, 1.165) is 38.0 Å². The van der Waals surface area contributed by atoms with Crippen molar-refractivity contribution in [3.8, 4) is 0 Å². The summed E-state index contributed by atoms with van der Waals surface area (Å²) in [7, 11) is 0. The summed E-state index contributed by atoms with van der Waals surface area (Å²) in [5.74, 6) is 0.0327. The van der Waals surface area contributed by atoms with E-state index in [-0.39, 0.29) is 23.7 Å². The summed E-state index contributed by atoms with van der Waals surface area (Å²) >= 11 is 12.3. The van der Waals surface area contributed by atoms with E-state index >= 15 is 0 Å². The van der Waals surface area contributed by atoms with Crippen molar-refractivity contribution in [2.24, 2.45) is 11.8 Å². The zero-order valence-corrected chi connectivity index (χ0v) is 17.8. The van der Waals surface area contributed by atoms with Crippen LogP contribution in [-0.2, 0) is 20.9 Å². The standard InChI is InChI=1S/C21H28Cl2N2O3/c1-2-28-21(27)15-7-10-25(11-8-15)20(26)17-4-3-9-24(14-17)13-16-5-6-18(22)12-19(16)23/h5-6,12,15,17H,2-4,7-11,13-14H2,1H3. The number of carbonyl (C=O) groups is 2. The second-order valence-electron chi connectivity index (χ2n) is 7.66. The van der Waals surface area contributed by atoms with E-state index in [1.54, 1.807) is 6.07 Å². The van der Waals surface area contributed by atoms with Gasteiger partial charge in [0.15, 0.2) is 0 Å². The molecule has 28 heavy (non-hydrogen) atoms. The Morgan fingerprint density at radius 1 is 1.11 bits per heavy atom. The number of likely N-dealkylation sites (tertiary alicyclic amines) is 2. The molecule has 2 aliphatic heterocycles. The Balaban J connectivity index is 1.52. The topological polar surface area (TPSA) is 49.9 Å². The van der Waals surface area contributed by atoms with Gasteiger partial charge in [0.05, 0.1) is 18.4 Å². The summed E-state index contributed by atoms with van der Waals surface area (Å²) in [4.78, 5) is 29.1. The van der Waals surface area contributed by atoms with Crippen LogP contribution >= 0.6 is 23.2 Å². The predicted octanol–water partition coefficient (Wildman–Crippen LogP) is 4.01. The minimum atomic E-state index is -0.127. The summed E-state index contributed by atoms with van der Waals surface area (Å²) in [5.41, 5.74) is 1.04. The van der Waals surface area contributed by atoms with Gasteiger partial charge in [-0.1, -0.05) is 29.3 Å². The fraction of sp³-hybridized carbons (Fsp3) is 0.619. The van der Waals surface area contributed by atoms with Crippen molar-refractivity contribution < 1.29 is 14.3 Å². The SMILES string of the molecule is CCOC(=O)C1CCN(C(=O)C2CCCN(Cc3ccc(Cl)cc3Cl)C2)CC1. The molecule has 1 aromatic rings. The van der Waals surface area contributed by atoms with Crippen molar-refractivity contribution >= 4 is 35.1 Å². The second kappa shape index (κ2) is 9.95. The van der Waals surface area contributed by atoms with E-state index < -0.39 is 0 Å². The minimum absolute atomic E-state index is 0.0129. The molecule has 3 rings (SSSR count). The molecule has 1 amide bonds. The fourth-order valence-corrected chi connectivity index (χ4v) is 4.61. The number of nitrogens with zero attached hydrogens (tertiary/aromatic N) is 2. The van der Waals surface area contributed by atoms with Gasteiger partial charge in [0, 0.05) is 36.2 Å². The first-order valence-electron chi connectivity index (χ1n) is 10.1. The molecule has 0 bridgehead atoms. The van der Waals surface area contributed by atoms with E-state index in [1.165, 1.54) is 0 Å². The van der Waals surface area contributed by atoms with Gasteiger partial charge < -0.3 is 9.64 Å². The Kier molecular flexibility index (Phi) is 7.61. The molecule has 2 saturated heterocycles. The lowest BCUT2D eigenvalue weighted by atomic mass is 9.92. The van der Waals surface area contributed by atoms with Crippen molar-refractivity contribution in [3.05, 3.63) is 33.8 Å². The highest BCUT2D eigenvalue weighted by atomic mass is 35.5. The van der Waals surface area contributed by atoms with E-state index in [9.17, 15) is 9.59 Å². The third kappa shape index (κ3) is 5.40. The van der Waals surface area contributed by atoms with Crippen molar-refractivity contribution in [3.63, 3.8) is 0 Å². The molecule has 0 spiro atoms. The Morgan fingerprint density at radius 2 is 1.86 bits per heavy atom. The van der Waals surface area contributed by atoms with Crippen LogP contribution in [0, 0.1) is 11.8 Å². The maximum Gasteiger partial charge on any atom is 0.309 e. The maximum absolute atomic E-state index is 13.0. The lowest BCUT2D eigenvalue weighted by Crippen LogP contribution is -2.47. The van der Waals surface area contributed by atoms with Gasteiger partial charge in [-0.15, -0.1) is 0 Å². The predicted molar refractivity (Wildman–Crippen MR) is 110 cm³/mol. The third-order valence-corrected chi connectivity index (χ3v) is 6.28. The maximum atomic E-state index is 13.0. The average Bonchev–Trinajstić information content (AvgIpc) is 2.70. The van der Waals surface area contributed by atoms with E-state index in [1.807, 2.05) is 24.0 Å². The van der Waals surface area contributed by atoms with Crippen LogP contribution in [0.5, 0.6) is 0 Å². The van der Waals surface area contributed by atoms with E-state index in [2.05, 4.69) is 4.90 Å². The molecule has 1 aromatic carbocycles. The van der Waals surface area contributed by atoms with Crippen molar-refractivity contribution in [1.82, 2.24) is 9.80 Å². The third-order valence-electron chi connectivity index (χ3n) is 5.69. The number of esters is 1. The molecule has 2 heterocycles. The summed E-state index contributed by atoms with van der Waals surface area (Å²) in [5, 5.41) is 1.30. The molecule has 0 N–H and O–H groups in total. The highest BCUT2D eigenvalue weighted by Crippen LogP contribution is 2.27. The van der Waals surface area contributed by atoms with Gasteiger partial charge >= 0.3 is 5.97 Å². The number of amides is 1. The fourth-order valence-electron chi connectivity index (χ4n) is 4.15. The molecular formula is C21H28Cl2N2O3. The molecule has 1 atom stereocenters. The smallest absolute Gasteiger partial charge is 0.309 e. The molecule has 2 fully saturated rings. The van der Waals surface area contributed by atoms with Gasteiger partial charge in [-0.25, -0.2) is 0 Å². The van der Waals surface area contributed by atoms with Crippen LogP contribution in [0.25, 0.3) is 0 Å². The van der Waals surface area contributed by atoms with Crippen LogP contribution in [-0.4, -0.2) is 54.5 Å². The normalized spacial score (nSPS) is 21.5. The first-order valence-corrected chi connectivity index (χ1v) is 10.8. The summed E-state index contributed by atoms with van der Waals surface area (Å²) in [6.07, 6.45) is 3.31. The zero-order chi connectivity index (χ0) is 20.1. The largest absolute Gasteiger partial charge is 0.466 e. The number of hydrogen-bond acceptors (Lipinski definition) is 4. The molecule has 0 aromatic heterocycles. The molecular weight excluding hydrogens is 399 g/mol. The van der Waals surface area contributed by atoms with Gasteiger partial charge in [-0.05, 0) is 56.8 Å². The van der Waals surface area contributed by atoms with Crippen LogP contribution in [0.3, 0.4) is 0 Å². The Morgan fingerprint density at radius 3 is 2.54 bits per heavy atom. The van der Waals surface area contributed by atoms with Gasteiger partial charge in [0.25, 0.3) is 0 Å². The molecule has 154 valence electrons. The Hall–Kier alpha value is -1.30. The number of rotatable bonds is 5. The van der Waals surface area contributed by atoms with Crippen molar-refractivity contribution in [1.29, 1.82) is 0 Å². The number of halogens is 2. The average molecular weight is 427 g/mol. The number of hydrogen-bond donors (Lipinski definition) is 0. The number of piperidine rings is 2. The van der Waals surface area contributed by atoms with Gasteiger partial charge in [-0.3, -0.25) is 14.5 Å². The zero-order valence-electron chi connectivity index (χ0n) is 16.3. The lowest BCUT2D eigenvalue weighted by Gasteiger charge is -2.37. The first-order chi connectivity index (χ1) is 13.5. The molecule has 0 aliphatic carbocycles. The Labute approximate surface area is 176 Å². The molecule has 1 unspecified atom stereocenters. The van der Waals surface area contributed by atoms with Crippen LogP contribution in [0.15, 0.2) is 18.2 Å². The summed E-state index contributed by atoms with van der Waals surface area (Å²) in [6.45, 7) is 5.95. The number of benzene rings is 1. The van der Waals surface area contributed by atoms with Crippen LogP contribution in [0.2, 0.25) is 10.0 Å². The van der Waals surface area contributed by atoms with Gasteiger partial charge in [0.2, 0.25) is 5.91 Å². The number of ether oxygens (including phenoxy) is 1. The highest BCUT2D eigenvalue weighted by Gasteiger charge is 2.33. The molecule has 5 nitrogen and oxygen atoms in total. The summed E-state index contributed by atoms with van der Waals surface area (Å²) < 4.78 is 5.11. The van der Waals surface area contributed by atoms with Crippen molar-refractivity contribution in [2.75, 3.05) is 32.8 Å². The van der Waals surface area contributed by atoms with Gasteiger partial charge in [-0.2, -0.15) is 0 Å². The number of carbonyl (C=O) groups excluding carboxylic acids is 2. The minimum Gasteiger partial charge on any atom is -0.466 e. The van der Waals surface area contributed by atoms with Crippen LogP contribution in [0.4, 0.5) is 0 Å². The van der Waals surface area contributed by atoms with Crippen molar-refractivity contribution in [2.45, 2.75) is 39.2 Å². The van der Waals surface area contributed by atoms with E-state index in [4.69, 9.17) is 27.9 Å². The van der Waals surface area contributed by atoms with E-state index in [0.29, 0.717) is 42.6 Å². The molecule has 2 aliphatic rings. The second-order valence-corrected chi connectivity index (χ2v) is 8.51. The quantitative estimate of drug-likeness (QED) is 0.667. The molecule has 0 saturated carbocycles. The van der Waals surface area contributed by atoms with Crippen LogP contribution < -0.4 is 0 Å². The molecule has 7 heteroatoms. The highest BCUT2D eigenvalue weighted by molar-refractivity contribution is 6.35. The molecule has 0 radical (unpaired) electrons.